The SMILES string of the molecule is COc1c(Cl)ncnc1NC(C)c1ccc(Br)cc1. The molecule has 0 saturated carbocycles. The van der Waals surface area contributed by atoms with Gasteiger partial charge in [-0.2, -0.15) is 0 Å². The number of ether oxygens (including phenoxy) is 1. The summed E-state index contributed by atoms with van der Waals surface area (Å²) in [5.41, 5.74) is 1.14. The van der Waals surface area contributed by atoms with E-state index >= 15 is 0 Å². The Morgan fingerprint density at radius 2 is 1.95 bits per heavy atom. The van der Waals surface area contributed by atoms with Crippen molar-refractivity contribution in [2.75, 3.05) is 12.4 Å². The molecule has 0 spiro atoms. The predicted octanol–water partition coefficient (Wildman–Crippen LogP) is 4.07. The zero-order valence-corrected chi connectivity index (χ0v) is 12.9. The van der Waals surface area contributed by atoms with Gasteiger partial charge in [0.1, 0.15) is 6.33 Å². The largest absolute Gasteiger partial charge is 0.490 e. The molecule has 1 atom stereocenters. The van der Waals surface area contributed by atoms with Crippen molar-refractivity contribution in [2.45, 2.75) is 13.0 Å². The van der Waals surface area contributed by atoms with E-state index in [1.54, 1.807) is 7.11 Å². The lowest BCUT2D eigenvalue weighted by molar-refractivity contribution is 0.412. The monoisotopic (exact) mass is 341 g/mol. The van der Waals surface area contributed by atoms with Crippen molar-refractivity contribution in [2.24, 2.45) is 0 Å². The Morgan fingerprint density at radius 3 is 2.58 bits per heavy atom. The summed E-state index contributed by atoms with van der Waals surface area (Å²) in [5.74, 6) is 1.03. The number of benzene rings is 1. The van der Waals surface area contributed by atoms with E-state index in [2.05, 4.69) is 31.2 Å². The fourth-order valence-corrected chi connectivity index (χ4v) is 2.15. The van der Waals surface area contributed by atoms with Gasteiger partial charge in [-0.1, -0.05) is 39.7 Å². The van der Waals surface area contributed by atoms with Crippen LogP contribution in [0, 0.1) is 0 Å². The number of anilines is 1. The van der Waals surface area contributed by atoms with E-state index in [9.17, 15) is 0 Å². The highest BCUT2D eigenvalue weighted by molar-refractivity contribution is 9.10. The number of halogens is 2. The quantitative estimate of drug-likeness (QED) is 0.851. The first-order chi connectivity index (χ1) is 9.11. The van der Waals surface area contributed by atoms with Crippen LogP contribution in [0.4, 0.5) is 5.82 Å². The van der Waals surface area contributed by atoms with Gasteiger partial charge in [0.15, 0.2) is 16.7 Å². The van der Waals surface area contributed by atoms with E-state index in [1.807, 2.05) is 31.2 Å². The Hall–Kier alpha value is -1.33. The number of methoxy groups -OCH3 is 1. The first kappa shape index (κ1) is 14.1. The molecule has 1 heterocycles. The van der Waals surface area contributed by atoms with Crippen LogP contribution in [0.2, 0.25) is 5.15 Å². The van der Waals surface area contributed by atoms with Gasteiger partial charge in [-0.3, -0.25) is 0 Å². The lowest BCUT2D eigenvalue weighted by Crippen LogP contribution is -2.09. The normalized spacial score (nSPS) is 12.0. The maximum atomic E-state index is 5.96. The van der Waals surface area contributed by atoms with Gasteiger partial charge in [-0.05, 0) is 24.6 Å². The van der Waals surface area contributed by atoms with Crippen molar-refractivity contribution < 1.29 is 4.74 Å². The van der Waals surface area contributed by atoms with Crippen LogP contribution in [0.5, 0.6) is 5.75 Å². The maximum Gasteiger partial charge on any atom is 0.198 e. The second-order valence-corrected chi connectivity index (χ2v) is 5.24. The summed E-state index contributed by atoms with van der Waals surface area (Å²) in [6.45, 7) is 2.04. The lowest BCUT2D eigenvalue weighted by Gasteiger charge is -2.17. The number of aromatic nitrogens is 2. The summed E-state index contributed by atoms with van der Waals surface area (Å²) in [4.78, 5) is 8.04. The number of hydrogen-bond donors (Lipinski definition) is 1. The van der Waals surface area contributed by atoms with Crippen molar-refractivity contribution in [1.82, 2.24) is 9.97 Å². The second-order valence-electron chi connectivity index (χ2n) is 3.96. The van der Waals surface area contributed by atoms with Crippen LogP contribution in [-0.4, -0.2) is 17.1 Å². The van der Waals surface area contributed by atoms with Crippen LogP contribution in [0.1, 0.15) is 18.5 Å². The molecule has 19 heavy (non-hydrogen) atoms. The maximum absolute atomic E-state index is 5.96. The Morgan fingerprint density at radius 1 is 1.26 bits per heavy atom. The molecule has 4 nitrogen and oxygen atoms in total. The van der Waals surface area contributed by atoms with E-state index in [1.165, 1.54) is 6.33 Å². The summed E-state index contributed by atoms with van der Waals surface area (Å²) < 4.78 is 6.25. The van der Waals surface area contributed by atoms with Crippen LogP contribution in [0.15, 0.2) is 35.1 Å². The van der Waals surface area contributed by atoms with Crippen LogP contribution in [0.25, 0.3) is 0 Å². The fraction of sp³-hybridized carbons (Fsp3) is 0.231. The first-order valence-electron chi connectivity index (χ1n) is 5.68. The van der Waals surface area contributed by atoms with Crippen molar-refractivity contribution in [3.8, 4) is 5.75 Å². The summed E-state index contributed by atoms with van der Waals surface area (Å²) in [6, 6.07) is 8.15. The van der Waals surface area contributed by atoms with Crippen LogP contribution in [-0.2, 0) is 0 Å². The highest BCUT2D eigenvalue weighted by Gasteiger charge is 2.13. The minimum absolute atomic E-state index is 0.0768. The molecule has 0 radical (unpaired) electrons. The summed E-state index contributed by atoms with van der Waals surface area (Å²) in [6.07, 6.45) is 1.40. The molecule has 2 aromatic rings. The predicted molar refractivity (Wildman–Crippen MR) is 79.8 cm³/mol. The smallest absolute Gasteiger partial charge is 0.198 e. The van der Waals surface area contributed by atoms with Crippen molar-refractivity contribution in [1.29, 1.82) is 0 Å². The van der Waals surface area contributed by atoms with Gasteiger partial charge in [0.25, 0.3) is 0 Å². The van der Waals surface area contributed by atoms with Crippen molar-refractivity contribution >= 4 is 33.3 Å². The molecule has 2 rings (SSSR count). The third kappa shape index (κ3) is 3.36. The molecule has 1 N–H and O–H groups in total. The zero-order chi connectivity index (χ0) is 13.8. The third-order valence-electron chi connectivity index (χ3n) is 2.69. The zero-order valence-electron chi connectivity index (χ0n) is 10.5. The highest BCUT2D eigenvalue weighted by atomic mass is 79.9. The Kier molecular flexibility index (Phi) is 4.61. The average molecular weight is 343 g/mol. The number of nitrogens with zero attached hydrogens (tertiary/aromatic N) is 2. The molecule has 0 amide bonds. The van der Waals surface area contributed by atoms with E-state index in [0.717, 1.165) is 10.0 Å². The second kappa shape index (κ2) is 6.21. The first-order valence-corrected chi connectivity index (χ1v) is 6.85. The topological polar surface area (TPSA) is 47.0 Å². The summed E-state index contributed by atoms with van der Waals surface area (Å²) in [5, 5.41) is 3.56. The minimum Gasteiger partial charge on any atom is -0.490 e. The molecule has 0 aliphatic rings. The van der Waals surface area contributed by atoms with E-state index < -0.39 is 0 Å². The van der Waals surface area contributed by atoms with Gasteiger partial charge < -0.3 is 10.1 Å². The molecule has 1 aromatic heterocycles. The van der Waals surface area contributed by atoms with E-state index in [-0.39, 0.29) is 6.04 Å². The van der Waals surface area contributed by atoms with Gasteiger partial charge in [0.05, 0.1) is 13.2 Å². The molecular formula is C13H13BrClN3O. The van der Waals surface area contributed by atoms with Crippen molar-refractivity contribution in [3.63, 3.8) is 0 Å². The molecule has 0 bridgehead atoms. The summed E-state index contributed by atoms with van der Waals surface area (Å²) >= 11 is 9.37. The van der Waals surface area contributed by atoms with Crippen LogP contribution >= 0.6 is 27.5 Å². The minimum atomic E-state index is 0.0768. The highest BCUT2D eigenvalue weighted by Crippen LogP contribution is 2.31. The van der Waals surface area contributed by atoms with Gasteiger partial charge >= 0.3 is 0 Å². The molecule has 0 aliphatic heterocycles. The van der Waals surface area contributed by atoms with Gasteiger partial charge in [0.2, 0.25) is 0 Å². The molecule has 0 aliphatic carbocycles. The van der Waals surface area contributed by atoms with Crippen LogP contribution < -0.4 is 10.1 Å². The van der Waals surface area contributed by atoms with E-state index in [4.69, 9.17) is 16.3 Å². The average Bonchev–Trinajstić information content (AvgIpc) is 2.39. The number of nitrogens with one attached hydrogen (secondary N) is 1. The molecule has 0 saturated heterocycles. The Labute approximate surface area is 125 Å². The fourth-order valence-electron chi connectivity index (χ4n) is 1.68. The lowest BCUT2D eigenvalue weighted by atomic mass is 10.1. The van der Waals surface area contributed by atoms with Gasteiger partial charge in [-0.25, -0.2) is 9.97 Å². The van der Waals surface area contributed by atoms with Crippen LogP contribution in [0.3, 0.4) is 0 Å². The number of hydrogen-bond acceptors (Lipinski definition) is 4. The standard InChI is InChI=1S/C13H13BrClN3O/c1-8(9-3-5-10(14)6-4-9)18-13-11(19-2)12(15)16-7-17-13/h3-8H,1-2H3,(H,16,17,18). The van der Waals surface area contributed by atoms with E-state index in [0.29, 0.717) is 16.7 Å². The molecule has 1 aromatic carbocycles. The molecule has 6 heteroatoms. The number of rotatable bonds is 4. The Bertz CT molecular complexity index is 562. The third-order valence-corrected chi connectivity index (χ3v) is 3.49. The molecular weight excluding hydrogens is 330 g/mol. The van der Waals surface area contributed by atoms with Gasteiger partial charge in [0, 0.05) is 4.47 Å². The molecule has 0 fully saturated rings. The molecule has 1 unspecified atom stereocenters. The van der Waals surface area contributed by atoms with Crippen molar-refractivity contribution in [3.05, 3.63) is 45.8 Å². The Balaban J connectivity index is 2.21. The molecule has 100 valence electrons. The van der Waals surface area contributed by atoms with Gasteiger partial charge in [-0.15, -0.1) is 0 Å². The summed E-state index contributed by atoms with van der Waals surface area (Å²) in [7, 11) is 1.54.